The third kappa shape index (κ3) is 4.85. The van der Waals surface area contributed by atoms with Crippen LogP contribution in [0.15, 0.2) is 75.5 Å². The summed E-state index contributed by atoms with van der Waals surface area (Å²) in [5, 5.41) is 20.9. The molecule has 0 aliphatic heterocycles. The Morgan fingerprint density at radius 2 is 1.97 bits per heavy atom. The van der Waals surface area contributed by atoms with Crippen LogP contribution in [0.1, 0.15) is 17.7 Å². The summed E-state index contributed by atoms with van der Waals surface area (Å²) in [7, 11) is -0.760. The smallest absolute Gasteiger partial charge is 0.242 e. The van der Waals surface area contributed by atoms with Gasteiger partial charge in [0.2, 0.25) is 15.5 Å². The summed E-state index contributed by atoms with van der Waals surface area (Å²) in [4.78, 5) is 17.1. The molecule has 2 aromatic carbocycles. The molecule has 0 saturated carbocycles. The van der Waals surface area contributed by atoms with Crippen LogP contribution in [-0.2, 0) is 10.0 Å². The molecule has 10 heteroatoms. The summed E-state index contributed by atoms with van der Waals surface area (Å²) < 4.78 is 27.4. The number of benzene rings is 2. The number of nitriles is 1. The van der Waals surface area contributed by atoms with E-state index >= 15 is 0 Å². The van der Waals surface area contributed by atoms with Crippen LogP contribution in [0.4, 0.5) is 5.69 Å². The Labute approximate surface area is 185 Å². The van der Waals surface area contributed by atoms with Crippen LogP contribution in [0.25, 0.3) is 5.69 Å². The first-order chi connectivity index (χ1) is 15.3. The SMILES string of the molecule is CN(C)S(=O)(=O)c1cccc(-n2ccc(=O)c(C(CC=N)=Nc3cccc(C#N)c3)n2)c1. The number of nitrogens with zero attached hydrogens (tertiary/aromatic N) is 5. The molecule has 9 nitrogen and oxygen atoms in total. The Hall–Kier alpha value is -3.94. The van der Waals surface area contributed by atoms with Crippen molar-refractivity contribution in [1.82, 2.24) is 14.1 Å². The third-order valence-electron chi connectivity index (χ3n) is 4.48. The van der Waals surface area contributed by atoms with Gasteiger partial charge < -0.3 is 5.41 Å². The zero-order chi connectivity index (χ0) is 23.3. The van der Waals surface area contributed by atoms with Crippen molar-refractivity contribution in [3.63, 3.8) is 0 Å². The van der Waals surface area contributed by atoms with Crippen molar-refractivity contribution in [1.29, 1.82) is 10.7 Å². The van der Waals surface area contributed by atoms with E-state index in [0.717, 1.165) is 10.5 Å². The number of aliphatic imine (C=N–C) groups is 1. The Kier molecular flexibility index (Phi) is 6.73. The molecule has 1 N–H and O–H groups in total. The molecule has 0 aliphatic rings. The second-order valence-electron chi connectivity index (χ2n) is 6.89. The molecule has 3 aromatic rings. The van der Waals surface area contributed by atoms with E-state index in [1.165, 1.54) is 43.2 Å². The summed E-state index contributed by atoms with van der Waals surface area (Å²) in [6.07, 6.45) is 2.60. The first-order valence-electron chi connectivity index (χ1n) is 9.46. The molecule has 0 spiro atoms. The Morgan fingerprint density at radius 3 is 2.66 bits per heavy atom. The average Bonchev–Trinajstić information content (AvgIpc) is 2.79. The van der Waals surface area contributed by atoms with E-state index in [1.54, 1.807) is 36.4 Å². The maximum atomic E-state index is 12.6. The first kappa shape index (κ1) is 22.7. The van der Waals surface area contributed by atoms with Crippen molar-refractivity contribution in [3.05, 3.63) is 82.3 Å². The number of hydrogen-bond acceptors (Lipinski definition) is 7. The van der Waals surface area contributed by atoms with Crippen LogP contribution in [0, 0.1) is 16.7 Å². The van der Waals surface area contributed by atoms with Gasteiger partial charge >= 0.3 is 0 Å². The zero-order valence-corrected chi connectivity index (χ0v) is 18.2. The Bertz CT molecular complexity index is 1400. The highest BCUT2D eigenvalue weighted by molar-refractivity contribution is 7.89. The molecule has 3 rings (SSSR count). The van der Waals surface area contributed by atoms with Crippen molar-refractivity contribution >= 4 is 27.6 Å². The van der Waals surface area contributed by atoms with Gasteiger partial charge in [0.15, 0.2) is 5.69 Å². The highest BCUT2D eigenvalue weighted by Crippen LogP contribution is 2.18. The van der Waals surface area contributed by atoms with Crippen molar-refractivity contribution in [2.45, 2.75) is 11.3 Å². The lowest BCUT2D eigenvalue weighted by molar-refractivity contribution is 0.520. The van der Waals surface area contributed by atoms with Gasteiger partial charge in [-0.3, -0.25) is 9.79 Å². The monoisotopic (exact) mass is 448 g/mol. The molecule has 0 unspecified atom stereocenters. The fourth-order valence-electron chi connectivity index (χ4n) is 2.84. The van der Waals surface area contributed by atoms with E-state index in [2.05, 4.69) is 10.1 Å². The van der Waals surface area contributed by atoms with Gasteiger partial charge in [-0.1, -0.05) is 12.1 Å². The topological polar surface area (TPSA) is 132 Å². The number of aromatic nitrogens is 2. The summed E-state index contributed by atoms with van der Waals surface area (Å²) in [5.41, 5.74) is 1.20. The summed E-state index contributed by atoms with van der Waals surface area (Å²) in [6.45, 7) is 0. The molecule has 0 saturated heterocycles. The number of nitrogens with one attached hydrogen (secondary N) is 1. The fraction of sp³-hybridized carbons (Fsp3) is 0.136. The van der Waals surface area contributed by atoms with Gasteiger partial charge in [-0.15, -0.1) is 0 Å². The van der Waals surface area contributed by atoms with Gasteiger partial charge in [-0.25, -0.2) is 17.4 Å². The Balaban J connectivity index is 2.12. The fourth-order valence-corrected chi connectivity index (χ4v) is 3.78. The van der Waals surface area contributed by atoms with Crippen LogP contribution >= 0.6 is 0 Å². The lowest BCUT2D eigenvalue weighted by Gasteiger charge is -2.13. The summed E-state index contributed by atoms with van der Waals surface area (Å²) in [6, 6.07) is 16.1. The largest absolute Gasteiger partial charge is 0.313 e. The van der Waals surface area contributed by atoms with Crippen molar-refractivity contribution < 1.29 is 8.42 Å². The van der Waals surface area contributed by atoms with Crippen LogP contribution in [0.2, 0.25) is 0 Å². The minimum Gasteiger partial charge on any atom is -0.313 e. The summed E-state index contributed by atoms with van der Waals surface area (Å²) >= 11 is 0. The normalized spacial score (nSPS) is 11.9. The van der Waals surface area contributed by atoms with Gasteiger partial charge in [0.05, 0.1) is 33.6 Å². The van der Waals surface area contributed by atoms with Crippen LogP contribution in [-0.4, -0.2) is 48.5 Å². The lowest BCUT2D eigenvalue weighted by Crippen LogP contribution is -2.23. The van der Waals surface area contributed by atoms with Gasteiger partial charge in [-0.2, -0.15) is 10.4 Å². The second-order valence-corrected chi connectivity index (χ2v) is 9.04. The minimum atomic E-state index is -3.65. The molecular formula is C22H20N6O3S. The minimum absolute atomic E-state index is 0.0271. The molecule has 1 aromatic heterocycles. The van der Waals surface area contributed by atoms with Crippen LogP contribution < -0.4 is 5.43 Å². The van der Waals surface area contributed by atoms with E-state index in [4.69, 9.17) is 10.7 Å². The molecular weight excluding hydrogens is 428 g/mol. The van der Waals surface area contributed by atoms with Gasteiger partial charge in [-0.05, 0) is 36.4 Å². The summed E-state index contributed by atoms with van der Waals surface area (Å²) in [5.74, 6) is 0. The number of sulfonamides is 1. The zero-order valence-electron chi connectivity index (χ0n) is 17.4. The van der Waals surface area contributed by atoms with Gasteiger partial charge in [0.1, 0.15) is 0 Å². The molecule has 0 aliphatic carbocycles. The molecule has 0 radical (unpaired) electrons. The molecule has 0 atom stereocenters. The quantitative estimate of drug-likeness (QED) is 0.555. The predicted octanol–water partition coefficient (Wildman–Crippen LogP) is 2.51. The predicted molar refractivity (Wildman–Crippen MR) is 121 cm³/mol. The average molecular weight is 449 g/mol. The molecule has 32 heavy (non-hydrogen) atoms. The van der Waals surface area contributed by atoms with E-state index in [0.29, 0.717) is 16.9 Å². The maximum absolute atomic E-state index is 12.6. The molecule has 0 fully saturated rings. The molecule has 0 bridgehead atoms. The van der Waals surface area contributed by atoms with Crippen molar-refractivity contribution in [2.24, 2.45) is 4.99 Å². The third-order valence-corrected chi connectivity index (χ3v) is 6.29. The standard InChI is InChI=1S/C22H20N6O3S/c1-27(2)32(30,31)19-8-4-7-18(14-19)28-12-10-21(29)22(26-28)20(9-11-23)25-17-6-3-5-16(13-17)15-24/h3-8,10-14,23H,9H2,1-2H3. The Morgan fingerprint density at radius 1 is 1.22 bits per heavy atom. The highest BCUT2D eigenvalue weighted by atomic mass is 32.2. The second kappa shape index (κ2) is 9.47. The van der Waals surface area contributed by atoms with E-state index in [1.807, 2.05) is 6.07 Å². The number of rotatable bonds is 7. The van der Waals surface area contributed by atoms with Gasteiger partial charge in [0, 0.05) is 39.0 Å². The first-order valence-corrected chi connectivity index (χ1v) is 10.9. The van der Waals surface area contributed by atoms with E-state index in [-0.39, 0.29) is 22.7 Å². The lowest BCUT2D eigenvalue weighted by atomic mass is 10.1. The molecule has 162 valence electrons. The molecule has 1 heterocycles. The van der Waals surface area contributed by atoms with Gasteiger partial charge in [0.25, 0.3) is 0 Å². The van der Waals surface area contributed by atoms with E-state index < -0.39 is 15.5 Å². The van der Waals surface area contributed by atoms with Crippen LogP contribution in [0.5, 0.6) is 0 Å². The van der Waals surface area contributed by atoms with E-state index in [9.17, 15) is 13.2 Å². The molecule has 0 amide bonds. The van der Waals surface area contributed by atoms with Crippen molar-refractivity contribution in [2.75, 3.05) is 14.1 Å². The van der Waals surface area contributed by atoms with Crippen LogP contribution in [0.3, 0.4) is 0 Å². The van der Waals surface area contributed by atoms with Crippen molar-refractivity contribution in [3.8, 4) is 11.8 Å². The highest BCUT2D eigenvalue weighted by Gasteiger charge is 2.18. The maximum Gasteiger partial charge on any atom is 0.242 e. The number of hydrogen-bond donors (Lipinski definition) is 1.